The minimum absolute atomic E-state index is 0.758. The predicted octanol–water partition coefficient (Wildman–Crippen LogP) is 5.58. The van der Waals surface area contributed by atoms with E-state index in [0.717, 1.165) is 38.9 Å². The number of rotatable bonds is 8. The summed E-state index contributed by atoms with van der Waals surface area (Å²) in [5.41, 5.74) is 14.9. The van der Waals surface area contributed by atoms with Crippen LogP contribution < -0.4 is 10.6 Å². The molecule has 0 unspecified atom stereocenters. The number of hydrogen-bond acceptors (Lipinski definition) is 2. The normalized spacial score (nSPS) is 11.3. The molecule has 1 heterocycles. The number of nitrogens with zero attached hydrogens (tertiary/aromatic N) is 1. The van der Waals surface area contributed by atoms with Gasteiger partial charge in [0.2, 0.25) is 0 Å². The maximum Gasteiger partial charge on any atom is 0.0497 e. The summed E-state index contributed by atoms with van der Waals surface area (Å²) in [5.74, 6) is 0. The first kappa shape index (κ1) is 19.5. The Labute approximate surface area is 163 Å². The third-order valence-electron chi connectivity index (χ3n) is 5.78. The van der Waals surface area contributed by atoms with Crippen LogP contribution in [0.25, 0.3) is 22.2 Å². The van der Waals surface area contributed by atoms with Gasteiger partial charge in [0.05, 0.1) is 0 Å². The Morgan fingerprint density at radius 3 is 2.26 bits per heavy atom. The number of anilines is 1. The summed E-state index contributed by atoms with van der Waals surface area (Å²) in [6.07, 6.45) is 3.26. The van der Waals surface area contributed by atoms with Crippen molar-refractivity contribution in [3.05, 3.63) is 53.1 Å². The van der Waals surface area contributed by atoms with Gasteiger partial charge in [0.1, 0.15) is 0 Å². The van der Waals surface area contributed by atoms with Crippen molar-refractivity contribution in [3.8, 4) is 11.3 Å². The van der Waals surface area contributed by atoms with Gasteiger partial charge in [-0.05, 0) is 87.9 Å². The van der Waals surface area contributed by atoms with Gasteiger partial charge in [-0.2, -0.15) is 0 Å². The third-order valence-corrected chi connectivity index (χ3v) is 5.78. The number of aromatic nitrogens is 1. The largest absolute Gasteiger partial charge is 0.372 e. The average molecular weight is 364 g/mol. The predicted molar refractivity (Wildman–Crippen MR) is 119 cm³/mol. The van der Waals surface area contributed by atoms with E-state index in [0.29, 0.717) is 0 Å². The maximum atomic E-state index is 5.73. The molecule has 0 bridgehead atoms. The van der Waals surface area contributed by atoms with Crippen LogP contribution >= 0.6 is 0 Å². The van der Waals surface area contributed by atoms with E-state index in [1.54, 1.807) is 0 Å². The van der Waals surface area contributed by atoms with Crippen molar-refractivity contribution in [2.75, 3.05) is 24.5 Å². The van der Waals surface area contributed by atoms with Crippen LogP contribution in [0.2, 0.25) is 0 Å². The average Bonchev–Trinajstić information content (AvgIpc) is 3.06. The van der Waals surface area contributed by atoms with Crippen molar-refractivity contribution >= 4 is 16.6 Å². The van der Waals surface area contributed by atoms with Crippen LogP contribution in [0.5, 0.6) is 0 Å². The monoisotopic (exact) mass is 363 g/mol. The van der Waals surface area contributed by atoms with Gasteiger partial charge >= 0.3 is 0 Å². The molecule has 0 saturated heterocycles. The molecule has 0 saturated carbocycles. The fourth-order valence-electron chi connectivity index (χ4n) is 3.94. The molecule has 0 aliphatic heterocycles. The zero-order valence-electron chi connectivity index (χ0n) is 17.2. The van der Waals surface area contributed by atoms with Crippen molar-refractivity contribution in [1.29, 1.82) is 0 Å². The highest BCUT2D eigenvalue weighted by Gasteiger charge is 2.15. The second-order valence-electron chi connectivity index (χ2n) is 7.37. The van der Waals surface area contributed by atoms with E-state index in [2.05, 4.69) is 74.0 Å². The lowest BCUT2D eigenvalue weighted by molar-refractivity contribution is 0.748. The molecule has 0 spiro atoms. The van der Waals surface area contributed by atoms with Gasteiger partial charge in [-0.1, -0.05) is 24.3 Å². The number of benzene rings is 2. The highest BCUT2D eigenvalue weighted by molar-refractivity contribution is 5.93. The number of nitrogens with one attached hydrogen (secondary N) is 1. The minimum Gasteiger partial charge on any atom is -0.372 e. The highest BCUT2D eigenvalue weighted by atomic mass is 15.1. The molecule has 3 nitrogen and oxygen atoms in total. The second-order valence-corrected chi connectivity index (χ2v) is 7.37. The van der Waals surface area contributed by atoms with Gasteiger partial charge in [0, 0.05) is 35.4 Å². The Balaban J connectivity index is 2.06. The number of unbranched alkanes of at least 4 members (excludes halogenated alkanes) is 1. The van der Waals surface area contributed by atoms with E-state index >= 15 is 0 Å². The molecule has 0 amide bonds. The Morgan fingerprint density at radius 2 is 1.63 bits per heavy atom. The number of nitrogens with two attached hydrogens (primary N) is 1. The summed E-state index contributed by atoms with van der Waals surface area (Å²) in [7, 11) is 0. The highest BCUT2D eigenvalue weighted by Crippen LogP contribution is 2.34. The van der Waals surface area contributed by atoms with Crippen LogP contribution in [0.3, 0.4) is 0 Å². The lowest BCUT2D eigenvalue weighted by Gasteiger charge is -2.21. The van der Waals surface area contributed by atoms with E-state index in [9.17, 15) is 0 Å². The summed E-state index contributed by atoms with van der Waals surface area (Å²) >= 11 is 0. The molecule has 27 heavy (non-hydrogen) atoms. The summed E-state index contributed by atoms with van der Waals surface area (Å²) in [5, 5.41) is 1.36. The van der Waals surface area contributed by atoms with E-state index in [1.165, 1.54) is 44.5 Å². The lowest BCUT2D eigenvalue weighted by atomic mass is 9.98. The van der Waals surface area contributed by atoms with Crippen LogP contribution in [0.4, 0.5) is 5.69 Å². The lowest BCUT2D eigenvalue weighted by Crippen LogP contribution is -2.21. The van der Waals surface area contributed by atoms with Gasteiger partial charge < -0.3 is 15.6 Å². The Kier molecular flexibility index (Phi) is 6.22. The van der Waals surface area contributed by atoms with Crippen molar-refractivity contribution in [2.45, 2.75) is 47.0 Å². The van der Waals surface area contributed by atoms with Crippen LogP contribution in [-0.2, 0) is 6.42 Å². The molecule has 0 radical (unpaired) electrons. The molecule has 3 N–H and O–H groups in total. The smallest absolute Gasteiger partial charge is 0.0497 e. The summed E-state index contributed by atoms with van der Waals surface area (Å²) in [6, 6.07) is 13.5. The molecular formula is C24H33N3. The summed E-state index contributed by atoms with van der Waals surface area (Å²) in [4.78, 5) is 6.13. The van der Waals surface area contributed by atoms with Gasteiger partial charge in [-0.25, -0.2) is 0 Å². The van der Waals surface area contributed by atoms with E-state index in [1.807, 2.05) is 0 Å². The molecule has 0 fully saturated rings. The van der Waals surface area contributed by atoms with E-state index in [4.69, 9.17) is 5.73 Å². The number of aromatic amines is 1. The van der Waals surface area contributed by atoms with Crippen LogP contribution in [0.1, 0.15) is 43.4 Å². The zero-order chi connectivity index (χ0) is 19.4. The molecular weight excluding hydrogens is 330 g/mol. The van der Waals surface area contributed by atoms with Crippen molar-refractivity contribution in [3.63, 3.8) is 0 Å². The molecule has 0 aliphatic rings. The summed E-state index contributed by atoms with van der Waals surface area (Å²) < 4.78 is 0. The number of fused-ring (bicyclic) bond motifs is 1. The van der Waals surface area contributed by atoms with Crippen LogP contribution in [-0.4, -0.2) is 24.6 Å². The SMILES string of the molecule is CCN(CC)c1ccc(-c2[nH]c3c(C)c(C)ccc3c2CCCCN)cc1. The quantitative estimate of drug-likeness (QED) is 0.513. The number of aryl methyl sites for hydroxylation is 3. The fourth-order valence-corrected chi connectivity index (χ4v) is 3.94. The topological polar surface area (TPSA) is 45.0 Å². The Morgan fingerprint density at radius 1 is 0.926 bits per heavy atom. The molecule has 0 aliphatic carbocycles. The van der Waals surface area contributed by atoms with Crippen LogP contribution in [0.15, 0.2) is 36.4 Å². The molecule has 3 rings (SSSR count). The Hall–Kier alpha value is -2.26. The van der Waals surface area contributed by atoms with Gasteiger partial charge in [-0.15, -0.1) is 0 Å². The first-order valence-electron chi connectivity index (χ1n) is 10.3. The molecule has 3 heteroatoms. The first-order chi connectivity index (χ1) is 13.1. The molecule has 2 aromatic carbocycles. The third kappa shape index (κ3) is 3.89. The first-order valence-corrected chi connectivity index (χ1v) is 10.3. The fraction of sp³-hybridized carbons (Fsp3) is 0.417. The maximum absolute atomic E-state index is 5.73. The standard InChI is InChI=1S/C24H33N3/c1-5-27(6-2)20-13-11-19(12-14-20)24-21(9-7-8-16-25)22-15-10-17(3)18(4)23(22)26-24/h10-15,26H,5-9,16,25H2,1-4H3. The van der Waals surface area contributed by atoms with Crippen molar-refractivity contribution in [2.24, 2.45) is 5.73 Å². The zero-order valence-corrected chi connectivity index (χ0v) is 17.2. The van der Waals surface area contributed by atoms with Crippen molar-refractivity contribution < 1.29 is 0 Å². The minimum atomic E-state index is 0.758. The Bertz CT molecular complexity index is 886. The van der Waals surface area contributed by atoms with E-state index < -0.39 is 0 Å². The molecule has 0 atom stereocenters. The molecule has 144 valence electrons. The number of hydrogen-bond donors (Lipinski definition) is 2. The van der Waals surface area contributed by atoms with Crippen molar-refractivity contribution in [1.82, 2.24) is 4.98 Å². The summed E-state index contributed by atoms with van der Waals surface area (Å²) in [6.45, 7) is 11.6. The van der Waals surface area contributed by atoms with Crippen LogP contribution in [0, 0.1) is 13.8 Å². The molecule has 3 aromatic rings. The second kappa shape index (κ2) is 8.62. The number of H-pyrrole nitrogens is 1. The van der Waals surface area contributed by atoms with Gasteiger partial charge in [-0.3, -0.25) is 0 Å². The van der Waals surface area contributed by atoms with E-state index in [-0.39, 0.29) is 0 Å². The van der Waals surface area contributed by atoms with Gasteiger partial charge in [0.25, 0.3) is 0 Å². The molecule has 1 aromatic heterocycles. The van der Waals surface area contributed by atoms with Gasteiger partial charge in [0.15, 0.2) is 0 Å².